The Morgan fingerprint density at radius 3 is 2.44 bits per heavy atom. The highest BCUT2D eigenvalue weighted by atomic mass is 35.5. The first-order chi connectivity index (χ1) is 11.9. The maximum atomic E-state index is 6.35. The summed E-state index contributed by atoms with van der Waals surface area (Å²) in [5.41, 5.74) is 4.45. The van der Waals surface area contributed by atoms with Gasteiger partial charge in [0.05, 0.1) is 31.4 Å². The third-order valence-electron chi connectivity index (χ3n) is 4.32. The highest BCUT2D eigenvalue weighted by Gasteiger charge is 2.16. The second kappa shape index (κ2) is 9.18. The Balaban J connectivity index is 1.95. The molecule has 0 saturated carbocycles. The average Bonchev–Trinajstić information content (AvgIpc) is 2.55. The van der Waals surface area contributed by atoms with Gasteiger partial charge in [0, 0.05) is 6.42 Å². The quantitative estimate of drug-likeness (QED) is 0.677. The van der Waals surface area contributed by atoms with Gasteiger partial charge in [-0.3, -0.25) is 0 Å². The summed E-state index contributed by atoms with van der Waals surface area (Å²) in [6.07, 6.45) is 1.00. The zero-order valence-electron chi connectivity index (χ0n) is 15.3. The van der Waals surface area contributed by atoms with E-state index in [0.717, 1.165) is 29.8 Å². The molecule has 0 unspecified atom stereocenters. The van der Waals surface area contributed by atoms with Gasteiger partial charge < -0.3 is 15.5 Å². The van der Waals surface area contributed by atoms with Crippen LogP contribution in [-0.2, 0) is 6.42 Å². The third kappa shape index (κ3) is 5.99. The molecule has 3 N–H and O–H groups in total. The summed E-state index contributed by atoms with van der Waals surface area (Å²) in [6.45, 7) is 4.87. The van der Waals surface area contributed by atoms with Gasteiger partial charge in [-0.1, -0.05) is 48.0 Å². The third-order valence-corrected chi connectivity index (χ3v) is 4.87. The molecule has 0 bridgehead atoms. The molecule has 0 aliphatic rings. The lowest BCUT2D eigenvalue weighted by Crippen LogP contribution is -3.11. The normalized spacial score (nSPS) is 12.1. The highest BCUT2D eigenvalue weighted by molar-refractivity contribution is 7.80. The average molecular weight is 377 g/mol. The predicted octanol–water partition coefficient (Wildman–Crippen LogP) is 3.00. The summed E-state index contributed by atoms with van der Waals surface area (Å²) in [5.74, 6) is 0. The highest BCUT2D eigenvalue weighted by Crippen LogP contribution is 2.27. The first-order valence-corrected chi connectivity index (χ1v) is 9.31. The molecule has 5 heteroatoms. The van der Waals surface area contributed by atoms with Crippen molar-refractivity contribution in [1.29, 1.82) is 0 Å². The Labute approximate surface area is 161 Å². The minimum Gasteiger partial charge on any atom is -0.356 e. The number of nitrogens with one attached hydrogen (secondary N) is 3. The second-order valence-corrected chi connectivity index (χ2v) is 7.55. The van der Waals surface area contributed by atoms with Crippen molar-refractivity contribution in [2.24, 2.45) is 0 Å². The van der Waals surface area contributed by atoms with Gasteiger partial charge in [0.1, 0.15) is 6.04 Å². The van der Waals surface area contributed by atoms with E-state index in [4.69, 9.17) is 23.8 Å². The van der Waals surface area contributed by atoms with Crippen LogP contribution in [0.1, 0.15) is 16.7 Å². The summed E-state index contributed by atoms with van der Waals surface area (Å²) in [7, 11) is 4.35. The molecule has 0 aliphatic carbocycles. The first-order valence-electron chi connectivity index (χ1n) is 8.52. The first kappa shape index (κ1) is 19.7. The Morgan fingerprint density at radius 2 is 1.84 bits per heavy atom. The number of thiocarbonyl (C=S) groups is 1. The van der Waals surface area contributed by atoms with Crippen LogP contribution in [-0.4, -0.2) is 31.8 Å². The summed E-state index contributed by atoms with van der Waals surface area (Å²) < 4.78 is 0. The summed E-state index contributed by atoms with van der Waals surface area (Å²) >= 11 is 11.8. The van der Waals surface area contributed by atoms with Crippen molar-refractivity contribution in [2.75, 3.05) is 26.0 Å². The van der Waals surface area contributed by atoms with Gasteiger partial charge in [-0.2, -0.15) is 0 Å². The van der Waals surface area contributed by atoms with Crippen LogP contribution in [0.2, 0.25) is 5.02 Å². The zero-order chi connectivity index (χ0) is 18.4. The summed E-state index contributed by atoms with van der Waals surface area (Å²) in [5, 5.41) is 7.89. The van der Waals surface area contributed by atoms with Crippen LogP contribution in [0.25, 0.3) is 0 Å². The molecule has 2 aromatic carbocycles. The number of likely N-dealkylation sites (N-methyl/N-ethyl adjacent to an activating group) is 1. The van der Waals surface area contributed by atoms with E-state index in [-0.39, 0.29) is 0 Å². The van der Waals surface area contributed by atoms with Crippen LogP contribution >= 0.6 is 23.8 Å². The van der Waals surface area contributed by atoms with Gasteiger partial charge in [-0.15, -0.1) is 0 Å². The van der Waals surface area contributed by atoms with Crippen LogP contribution in [0.15, 0.2) is 42.5 Å². The molecule has 0 heterocycles. The van der Waals surface area contributed by atoms with Gasteiger partial charge in [0.25, 0.3) is 0 Å². The Bertz CT molecular complexity index is 693. The lowest BCUT2D eigenvalue weighted by molar-refractivity contribution is -0.884. The maximum absolute atomic E-state index is 6.35. The fourth-order valence-electron chi connectivity index (χ4n) is 2.83. The molecule has 0 saturated heterocycles. The van der Waals surface area contributed by atoms with Crippen LogP contribution in [0.3, 0.4) is 0 Å². The van der Waals surface area contributed by atoms with Gasteiger partial charge >= 0.3 is 0 Å². The largest absolute Gasteiger partial charge is 0.356 e. The molecule has 25 heavy (non-hydrogen) atoms. The molecule has 0 aliphatic heterocycles. The van der Waals surface area contributed by atoms with Crippen LogP contribution in [0.4, 0.5) is 5.69 Å². The van der Waals surface area contributed by atoms with Crippen molar-refractivity contribution >= 4 is 34.6 Å². The number of benzene rings is 2. The molecular formula is C20H27ClN3S+. The van der Waals surface area contributed by atoms with Crippen molar-refractivity contribution in [2.45, 2.75) is 26.3 Å². The van der Waals surface area contributed by atoms with Gasteiger partial charge in [0.2, 0.25) is 0 Å². The minimum absolute atomic E-state index is 0.428. The van der Waals surface area contributed by atoms with E-state index in [9.17, 15) is 0 Å². The fraction of sp³-hybridized carbons (Fsp3) is 0.350. The number of hydrogen-bond acceptors (Lipinski definition) is 1. The van der Waals surface area contributed by atoms with E-state index in [2.05, 4.69) is 55.1 Å². The smallest absolute Gasteiger partial charge is 0.171 e. The summed E-state index contributed by atoms with van der Waals surface area (Å²) in [4.78, 5) is 1.39. The van der Waals surface area contributed by atoms with E-state index < -0.39 is 0 Å². The van der Waals surface area contributed by atoms with E-state index in [0.29, 0.717) is 16.2 Å². The SMILES string of the molecule is Cc1cc(C)c(NC(=S)NC[C@@H](Cc2ccccc2)[NH+](C)C)c(Cl)c1. The fourth-order valence-corrected chi connectivity index (χ4v) is 3.38. The lowest BCUT2D eigenvalue weighted by atomic mass is 10.1. The van der Waals surface area contributed by atoms with Crippen molar-refractivity contribution in [3.63, 3.8) is 0 Å². The molecule has 0 aromatic heterocycles. The van der Waals surface area contributed by atoms with Gasteiger partial charge in [-0.25, -0.2) is 0 Å². The van der Waals surface area contributed by atoms with E-state index in [1.165, 1.54) is 10.5 Å². The van der Waals surface area contributed by atoms with E-state index in [1.54, 1.807) is 0 Å². The van der Waals surface area contributed by atoms with Gasteiger partial charge in [0.15, 0.2) is 5.11 Å². The Morgan fingerprint density at radius 1 is 1.16 bits per heavy atom. The van der Waals surface area contributed by atoms with Crippen LogP contribution in [0, 0.1) is 13.8 Å². The Kier molecular flexibility index (Phi) is 7.24. The molecule has 134 valence electrons. The molecule has 3 nitrogen and oxygen atoms in total. The lowest BCUT2D eigenvalue weighted by Gasteiger charge is -2.23. The molecular weight excluding hydrogens is 350 g/mol. The number of anilines is 1. The number of rotatable bonds is 6. The van der Waals surface area contributed by atoms with Crippen LogP contribution < -0.4 is 15.5 Å². The molecule has 0 amide bonds. The molecule has 1 atom stereocenters. The standard InChI is InChI=1S/C20H26ClN3S/c1-14-10-15(2)19(18(21)11-14)23-20(25)22-13-17(24(3)4)12-16-8-6-5-7-9-16/h5-11,17H,12-13H2,1-4H3,(H2,22,23,25)/p+1/t17-/m1/s1. The maximum Gasteiger partial charge on any atom is 0.171 e. The minimum atomic E-state index is 0.428. The van der Waals surface area contributed by atoms with E-state index >= 15 is 0 Å². The monoisotopic (exact) mass is 376 g/mol. The summed E-state index contributed by atoms with van der Waals surface area (Å²) in [6, 6.07) is 15.0. The van der Waals surface area contributed by atoms with Crippen LogP contribution in [0.5, 0.6) is 0 Å². The second-order valence-electron chi connectivity index (χ2n) is 6.74. The van der Waals surface area contributed by atoms with E-state index in [1.807, 2.05) is 26.0 Å². The Hall–Kier alpha value is -1.62. The van der Waals surface area contributed by atoms with Crippen molar-refractivity contribution in [3.8, 4) is 0 Å². The van der Waals surface area contributed by atoms with Crippen molar-refractivity contribution < 1.29 is 4.90 Å². The molecule has 2 rings (SSSR count). The number of hydrogen-bond donors (Lipinski definition) is 3. The van der Waals surface area contributed by atoms with Crippen molar-refractivity contribution in [1.82, 2.24) is 5.32 Å². The van der Waals surface area contributed by atoms with Gasteiger partial charge in [-0.05, 0) is 48.8 Å². The molecule has 2 aromatic rings. The molecule has 0 radical (unpaired) electrons. The van der Waals surface area contributed by atoms with Crippen molar-refractivity contribution in [3.05, 3.63) is 64.2 Å². The number of halogens is 1. The molecule has 0 fully saturated rings. The number of aryl methyl sites for hydroxylation is 2. The zero-order valence-corrected chi connectivity index (χ0v) is 16.9. The topological polar surface area (TPSA) is 28.5 Å². The number of quaternary nitrogens is 1. The molecule has 0 spiro atoms. The predicted molar refractivity (Wildman–Crippen MR) is 112 cm³/mol.